The zero-order chi connectivity index (χ0) is 22.5. The number of halogens is 1. The summed E-state index contributed by atoms with van der Waals surface area (Å²) in [5.74, 6) is -0.274. The highest BCUT2D eigenvalue weighted by Gasteiger charge is 2.32. The van der Waals surface area contributed by atoms with E-state index in [-0.39, 0.29) is 18.0 Å². The molecule has 1 fully saturated rings. The molecule has 2 aromatic heterocycles. The number of furan rings is 1. The summed E-state index contributed by atoms with van der Waals surface area (Å²) >= 11 is 0. The molecule has 0 aliphatic carbocycles. The number of aryl methyl sites for hydroxylation is 2. The summed E-state index contributed by atoms with van der Waals surface area (Å²) in [7, 11) is 2.03. The second-order valence-corrected chi connectivity index (χ2v) is 8.87. The maximum atomic E-state index is 15.3. The van der Waals surface area contributed by atoms with Gasteiger partial charge in [-0.25, -0.2) is 8.96 Å². The van der Waals surface area contributed by atoms with Crippen LogP contribution in [0.1, 0.15) is 41.7 Å². The Kier molecular flexibility index (Phi) is 4.77. The van der Waals surface area contributed by atoms with Crippen LogP contribution in [0.15, 0.2) is 83.4 Å². The summed E-state index contributed by atoms with van der Waals surface area (Å²) in [6.45, 7) is 2.08. The van der Waals surface area contributed by atoms with Gasteiger partial charge in [-0.2, -0.15) is 0 Å². The Morgan fingerprint density at radius 3 is 2.36 bits per heavy atom. The lowest BCUT2D eigenvalue weighted by Gasteiger charge is -2.15. The highest BCUT2D eigenvalue weighted by molar-refractivity contribution is 6.10. The van der Waals surface area contributed by atoms with Gasteiger partial charge >= 0.3 is 0 Å². The summed E-state index contributed by atoms with van der Waals surface area (Å²) < 4.78 is 30.2. The molecule has 2 unspecified atom stereocenters. The minimum absolute atomic E-state index is 0.0311. The molecule has 5 aromatic rings. The number of pyridine rings is 1. The van der Waals surface area contributed by atoms with Crippen molar-refractivity contribution >= 4 is 21.9 Å². The van der Waals surface area contributed by atoms with Crippen molar-refractivity contribution < 1.29 is 18.1 Å². The van der Waals surface area contributed by atoms with E-state index in [1.165, 1.54) is 0 Å². The molecule has 0 radical (unpaired) electrons. The number of rotatable bonds is 3. The van der Waals surface area contributed by atoms with Gasteiger partial charge in [-0.05, 0) is 49.1 Å². The molecule has 3 heterocycles. The van der Waals surface area contributed by atoms with Crippen LogP contribution in [-0.4, -0.2) is 0 Å². The minimum Gasteiger partial charge on any atom is -0.455 e. The molecule has 164 valence electrons. The van der Waals surface area contributed by atoms with Crippen LogP contribution in [-0.2, 0) is 11.8 Å². The Balaban J connectivity index is 1.52. The van der Waals surface area contributed by atoms with Crippen LogP contribution < -0.4 is 4.57 Å². The second-order valence-electron chi connectivity index (χ2n) is 8.87. The Labute approximate surface area is 192 Å². The van der Waals surface area contributed by atoms with Gasteiger partial charge in [0.2, 0.25) is 5.69 Å². The first-order valence-electron chi connectivity index (χ1n) is 11.4. The van der Waals surface area contributed by atoms with Crippen LogP contribution in [0.4, 0.5) is 4.39 Å². The molecular weight excluding hydrogens is 413 g/mol. The van der Waals surface area contributed by atoms with Crippen molar-refractivity contribution in [2.75, 3.05) is 0 Å². The van der Waals surface area contributed by atoms with Crippen LogP contribution in [0, 0.1) is 12.7 Å². The Hall–Kier alpha value is -3.50. The first kappa shape index (κ1) is 20.1. The smallest absolute Gasteiger partial charge is 0.216 e. The van der Waals surface area contributed by atoms with E-state index in [1.54, 1.807) is 6.07 Å². The number of fused-ring (bicyclic) bond motifs is 3. The van der Waals surface area contributed by atoms with Crippen molar-refractivity contribution in [1.29, 1.82) is 0 Å². The van der Waals surface area contributed by atoms with E-state index in [1.807, 2.05) is 49.6 Å². The van der Waals surface area contributed by atoms with E-state index in [9.17, 15) is 0 Å². The number of hydrogen-bond acceptors (Lipinski definition) is 2. The van der Waals surface area contributed by atoms with E-state index < -0.39 is 0 Å². The van der Waals surface area contributed by atoms with Crippen LogP contribution in [0.3, 0.4) is 0 Å². The number of hydrogen-bond donors (Lipinski definition) is 0. The van der Waals surface area contributed by atoms with E-state index >= 15 is 4.39 Å². The first-order chi connectivity index (χ1) is 16.1. The molecule has 1 aliphatic rings. The number of benzene rings is 3. The van der Waals surface area contributed by atoms with Gasteiger partial charge in [0, 0.05) is 22.9 Å². The lowest BCUT2D eigenvalue weighted by molar-refractivity contribution is -0.660. The molecule has 2 atom stereocenters. The van der Waals surface area contributed by atoms with Crippen molar-refractivity contribution in [3.63, 3.8) is 0 Å². The Morgan fingerprint density at radius 1 is 0.818 bits per heavy atom. The van der Waals surface area contributed by atoms with E-state index in [2.05, 4.69) is 41.8 Å². The molecule has 0 spiro atoms. The summed E-state index contributed by atoms with van der Waals surface area (Å²) in [5.41, 5.74) is 6.25. The normalized spacial score (nSPS) is 18.4. The van der Waals surface area contributed by atoms with Crippen molar-refractivity contribution in [3.8, 4) is 11.3 Å². The summed E-state index contributed by atoms with van der Waals surface area (Å²) in [5, 5.41) is 1.92. The average molecular weight is 439 g/mol. The van der Waals surface area contributed by atoms with Gasteiger partial charge in [-0.1, -0.05) is 42.5 Å². The van der Waals surface area contributed by atoms with Crippen molar-refractivity contribution in [1.82, 2.24) is 0 Å². The molecule has 0 amide bonds. The maximum absolute atomic E-state index is 15.3. The second kappa shape index (κ2) is 7.82. The highest BCUT2D eigenvalue weighted by Crippen LogP contribution is 2.46. The molecule has 0 N–H and O–H groups in total. The molecule has 0 bridgehead atoms. The van der Waals surface area contributed by atoms with Crippen LogP contribution in [0.2, 0.25) is 0 Å². The van der Waals surface area contributed by atoms with Gasteiger partial charge in [0.05, 0.1) is 23.3 Å². The van der Waals surface area contributed by atoms with Gasteiger partial charge in [0.25, 0.3) is 0 Å². The third kappa shape index (κ3) is 3.25. The first-order valence-corrected chi connectivity index (χ1v) is 11.4. The summed E-state index contributed by atoms with van der Waals surface area (Å²) in [6.07, 6.45) is 3.27. The van der Waals surface area contributed by atoms with Crippen LogP contribution in [0.25, 0.3) is 33.2 Å². The third-order valence-electron chi connectivity index (χ3n) is 6.83. The van der Waals surface area contributed by atoms with Gasteiger partial charge in [0.1, 0.15) is 24.0 Å². The largest absolute Gasteiger partial charge is 0.455 e. The molecule has 4 heteroatoms. The summed E-state index contributed by atoms with van der Waals surface area (Å²) in [6, 6.07) is 23.8. The number of ether oxygens (including phenoxy) is 1. The lowest BCUT2D eigenvalue weighted by Crippen LogP contribution is -2.30. The molecule has 33 heavy (non-hydrogen) atoms. The Morgan fingerprint density at radius 2 is 1.55 bits per heavy atom. The predicted octanol–water partition coefficient (Wildman–Crippen LogP) is 7.12. The molecule has 6 rings (SSSR count). The molecule has 1 saturated heterocycles. The SMILES string of the molecule is Cc1ccc2c(oc3c(C4CCC(c5ccccc5)O4)c(F)ccc32)c1-c1cccc[n+]1C. The van der Waals surface area contributed by atoms with Crippen molar-refractivity contribution in [2.45, 2.75) is 32.0 Å². The molecule has 3 nitrogen and oxygen atoms in total. The average Bonchev–Trinajstić information content (AvgIpc) is 3.45. The summed E-state index contributed by atoms with van der Waals surface area (Å²) in [4.78, 5) is 0. The Bertz CT molecular complexity index is 1490. The van der Waals surface area contributed by atoms with Crippen LogP contribution in [0.5, 0.6) is 0 Å². The van der Waals surface area contributed by atoms with Gasteiger partial charge in [0.15, 0.2) is 6.20 Å². The van der Waals surface area contributed by atoms with E-state index in [0.29, 0.717) is 11.1 Å². The van der Waals surface area contributed by atoms with Gasteiger partial charge in [-0.15, -0.1) is 0 Å². The van der Waals surface area contributed by atoms with Gasteiger partial charge < -0.3 is 9.15 Å². The molecular formula is C29H25FNO2+. The highest BCUT2D eigenvalue weighted by atomic mass is 19.1. The zero-order valence-electron chi connectivity index (χ0n) is 18.7. The molecule has 0 saturated carbocycles. The monoisotopic (exact) mass is 438 g/mol. The topological polar surface area (TPSA) is 26.2 Å². The van der Waals surface area contributed by atoms with Crippen molar-refractivity contribution in [2.24, 2.45) is 7.05 Å². The van der Waals surface area contributed by atoms with Gasteiger partial charge in [-0.3, -0.25) is 0 Å². The zero-order valence-corrected chi connectivity index (χ0v) is 18.7. The quantitative estimate of drug-likeness (QED) is 0.280. The van der Waals surface area contributed by atoms with Crippen molar-refractivity contribution in [3.05, 3.63) is 102 Å². The maximum Gasteiger partial charge on any atom is 0.216 e. The molecule has 1 aliphatic heterocycles. The minimum atomic E-state index is -0.336. The predicted molar refractivity (Wildman–Crippen MR) is 127 cm³/mol. The fourth-order valence-corrected chi connectivity index (χ4v) is 5.16. The fourth-order valence-electron chi connectivity index (χ4n) is 5.16. The fraction of sp³-hybridized carbons (Fsp3) is 0.207. The van der Waals surface area contributed by atoms with E-state index in [0.717, 1.165) is 51.6 Å². The number of nitrogens with zero attached hydrogens (tertiary/aromatic N) is 1. The van der Waals surface area contributed by atoms with Crippen LogP contribution >= 0.6 is 0 Å². The molecule has 3 aromatic carbocycles. The standard InChI is InChI=1S/C29H25FNO2/c1-18-11-12-20-21-13-14-22(30)27(25-16-15-24(32-25)19-8-4-3-5-9-19)29(21)33-28(20)26(18)23-10-6-7-17-31(23)2/h3-14,17,24-25H,15-16H2,1-2H3/q+1. The number of aromatic nitrogens is 1. The lowest BCUT2D eigenvalue weighted by atomic mass is 9.98. The third-order valence-corrected chi connectivity index (χ3v) is 6.83. The van der Waals surface area contributed by atoms with E-state index in [4.69, 9.17) is 9.15 Å².